The third-order valence-corrected chi connectivity index (χ3v) is 7.30. The summed E-state index contributed by atoms with van der Waals surface area (Å²) in [5.41, 5.74) is 4.71. The Morgan fingerprint density at radius 1 is 0.750 bits per heavy atom. The molecule has 4 N–H and O–H groups in total. The van der Waals surface area contributed by atoms with Crippen LogP contribution in [0.15, 0.2) is 0 Å². The van der Waals surface area contributed by atoms with Crippen LogP contribution in [0.4, 0.5) is 0 Å². The molecule has 0 fully saturated rings. The molecule has 0 amide bonds. The first-order valence-electron chi connectivity index (χ1n) is 8.03. The zero-order valence-electron chi connectivity index (χ0n) is 15.5. The summed E-state index contributed by atoms with van der Waals surface area (Å²) in [4.78, 5) is 0. The van der Waals surface area contributed by atoms with Crippen LogP contribution in [0.2, 0.25) is 0 Å². The van der Waals surface area contributed by atoms with Crippen LogP contribution in [0.25, 0.3) is 0 Å². The Morgan fingerprint density at radius 2 is 1.00 bits per heavy atom. The summed E-state index contributed by atoms with van der Waals surface area (Å²) in [5, 5.41) is 0. The van der Waals surface area contributed by atoms with Crippen molar-refractivity contribution in [1.82, 2.24) is 0 Å². The molecule has 9 heteroatoms. The third kappa shape index (κ3) is 64.5. The Hall–Kier alpha value is 2.29. The van der Waals surface area contributed by atoms with Gasteiger partial charge >= 0.3 is 0 Å². The van der Waals surface area contributed by atoms with Crippen LogP contribution in [0.1, 0.15) is 66.2 Å². The second kappa shape index (κ2) is 40.1. The van der Waals surface area contributed by atoms with E-state index < -0.39 is 0 Å². The molecule has 0 aromatic heterocycles. The molecule has 2 nitrogen and oxygen atoms in total. The van der Waals surface area contributed by atoms with Gasteiger partial charge in [0.25, 0.3) is 0 Å². The normalized spacial score (nSPS) is 8.54. The quantitative estimate of drug-likeness (QED) is 0.0980. The minimum Gasteiger partial charge on any atom is -0.412 e. The number of hydrogen-bond acceptors (Lipinski definition) is 5. The fourth-order valence-corrected chi connectivity index (χ4v) is 5.55. The van der Waals surface area contributed by atoms with Crippen LogP contribution in [0.5, 0.6) is 0 Å². The molecule has 0 aromatic rings. The zero-order chi connectivity index (χ0) is 17.5. The number of thiol groups is 1. The van der Waals surface area contributed by atoms with Crippen molar-refractivity contribution in [1.29, 1.82) is 0 Å². The SMILES string of the molecule is CCCCSSCCCC.CCCSSCCC.NC(=S)S.O.[Mo]. The van der Waals surface area contributed by atoms with E-state index >= 15 is 0 Å². The van der Waals surface area contributed by atoms with Gasteiger partial charge in [0.15, 0.2) is 0 Å². The van der Waals surface area contributed by atoms with Crippen molar-refractivity contribution in [3.63, 3.8) is 0 Å². The van der Waals surface area contributed by atoms with Crippen LogP contribution in [0.3, 0.4) is 0 Å². The van der Waals surface area contributed by atoms with Gasteiger partial charge in [-0.3, -0.25) is 0 Å². The van der Waals surface area contributed by atoms with Crippen LogP contribution in [-0.4, -0.2) is 32.8 Å². The molecule has 0 rings (SSSR count). The molecule has 0 aromatic carbocycles. The maximum Gasteiger partial charge on any atom is 0.128 e. The molecule has 0 radical (unpaired) electrons. The Kier molecular flexibility index (Phi) is 62.0. The molecule has 0 saturated heterocycles. The summed E-state index contributed by atoms with van der Waals surface area (Å²) >= 11 is 7.65. The van der Waals surface area contributed by atoms with Crippen molar-refractivity contribution in [2.75, 3.05) is 23.0 Å². The van der Waals surface area contributed by atoms with E-state index in [1.165, 1.54) is 61.5 Å². The van der Waals surface area contributed by atoms with E-state index in [4.69, 9.17) is 5.73 Å². The standard InChI is InChI=1S/C8H18S2.C6H14S2.CH3NS2.Mo.H2O/c1-3-5-7-9-10-8-6-4-2;1-3-5-7-8-6-4-2;2-1(3)4;;/h3-8H2,1-2H3;3-6H2,1-2H3;(H3,2,3,4);;1H2. The Labute approximate surface area is 192 Å². The van der Waals surface area contributed by atoms with Gasteiger partial charge in [-0.2, -0.15) is 0 Å². The van der Waals surface area contributed by atoms with E-state index in [0.717, 1.165) is 0 Å². The van der Waals surface area contributed by atoms with E-state index in [1.54, 1.807) is 0 Å². The van der Waals surface area contributed by atoms with Crippen LogP contribution < -0.4 is 5.73 Å². The van der Waals surface area contributed by atoms with Gasteiger partial charge in [-0.15, -0.1) is 12.6 Å². The second-order valence-electron chi connectivity index (χ2n) is 4.33. The predicted octanol–water partition coefficient (Wildman–Crippen LogP) is 6.49. The largest absolute Gasteiger partial charge is 0.412 e. The molecule has 0 unspecified atom stereocenters. The number of nitrogens with two attached hydrogens (primary N) is 1. The number of unbranched alkanes of at least 4 members (excludes halogenated alkanes) is 2. The van der Waals surface area contributed by atoms with Gasteiger partial charge in [0.1, 0.15) is 4.32 Å². The molecule has 0 heterocycles. The molecule has 24 heavy (non-hydrogen) atoms. The van der Waals surface area contributed by atoms with Crippen molar-refractivity contribution in [2.24, 2.45) is 5.73 Å². The maximum absolute atomic E-state index is 4.71. The fourth-order valence-electron chi connectivity index (χ4n) is 0.809. The summed E-state index contributed by atoms with van der Waals surface area (Å²) in [5.74, 6) is 5.30. The van der Waals surface area contributed by atoms with E-state index in [9.17, 15) is 0 Å². The molecular formula is C15H37MoNOS6. The van der Waals surface area contributed by atoms with Crippen molar-refractivity contribution in [2.45, 2.75) is 66.2 Å². The number of thiocarbonyl (C=S) groups is 1. The molecular weight excluding hydrogens is 499 g/mol. The van der Waals surface area contributed by atoms with Gasteiger partial charge in [-0.05, 0) is 25.7 Å². The van der Waals surface area contributed by atoms with Crippen molar-refractivity contribution in [3.05, 3.63) is 0 Å². The zero-order valence-corrected chi connectivity index (χ0v) is 22.5. The summed E-state index contributed by atoms with van der Waals surface area (Å²) in [6.07, 6.45) is 8.04. The third-order valence-electron chi connectivity index (χ3n) is 1.90. The van der Waals surface area contributed by atoms with Gasteiger partial charge < -0.3 is 11.2 Å². The topological polar surface area (TPSA) is 57.5 Å². The molecule has 0 saturated carbocycles. The van der Waals surface area contributed by atoms with E-state index in [0.29, 0.717) is 0 Å². The van der Waals surface area contributed by atoms with Crippen LogP contribution in [-0.2, 0) is 21.1 Å². The fraction of sp³-hybridized carbons (Fsp3) is 0.933. The van der Waals surface area contributed by atoms with Gasteiger partial charge in [0, 0.05) is 44.1 Å². The summed E-state index contributed by atoms with van der Waals surface area (Å²) in [6, 6.07) is 0. The first kappa shape index (κ1) is 37.1. The van der Waals surface area contributed by atoms with Crippen molar-refractivity contribution in [3.8, 4) is 0 Å². The smallest absolute Gasteiger partial charge is 0.128 e. The van der Waals surface area contributed by atoms with Gasteiger partial charge in [0.2, 0.25) is 0 Å². The average molecular weight is 536 g/mol. The second-order valence-corrected chi connectivity index (χ2v) is 11.0. The number of rotatable bonds is 12. The van der Waals surface area contributed by atoms with Crippen LogP contribution in [0, 0.1) is 0 Å². The molecule has 0 aliphatic heterocycles. The van der Waals surface area contributed by atoms with Crippen molar-refractivity contribution >= 4 is 72.3 Å². The molecule has 0 aliphatic rings. The Morgan fingerprint density at radius 3 is 1.21 bits per heavy atom. The maximum atomic E-state index is 4.71. The molecule has 0 aliphatic carbocycles. The number of hydrogen-bond donors (Lipinski definition) is 2. The summed E-state index contributed by atoms with van der Waals surface area (Å²) < 4.78 is 0.194. The average Bonchev–Trinajstić information content (AvgIpc) is 2.48. The van der Waals surface area contributed by atoms with Gasteiger partial charge in [-0.25, -0.2) is 0 Å². The first-order chi connectivity index (χ1) is 10.6. The summed E-state index contributed by atoms with van der Waals surface area (Å²) in [7, 11) is 8.06. The Balaban J connectivity index is -0.0000000779. The molecule has 0 bridgehead atoms. The Bertz CT molecular complexity index is 187. The monoisotopic (exact) mass is 537 g/mol. The molecule has 150 valence electrons. The predicted molar refractivity (Wildman–Crippen MR) is 130 cm³/mol. The van der Waals surface area contributed by atoms with E-state index in [2.05, 4.69) is 52.5 Å². The van der Waals surface area contributed by atoms with Gasteiger partial charge in [-0.1, -0.05) is 95.9 Å². The minimum atomic E-state index is 0. The summed E-state index contributed by atoms with van der Waals surface area (Å²) in [6.45, 7) is 8.94. The molecule has 0 atom stereocenters. The molecule has 0 spiro atoms. The first-order valence-corrected chi connectivity index (χ1v) is 13.9. The minimum absolute atomic E-state index is 0. The van der Waals surface area contributed by atoms with E-state index in [-0.39, 0.29) is 30.9 Å². The van der Waals surface area contributed by atoms with Gasteiger partial charge in [0.05, 0.1) is 0 Å². The van der Waals surface area contributed by atoms with Crippen molar-refractivity contribution < 1.29 is 26.5 Å². The van der Waals surface area contributed by atoms with Crippen LogP contribution >= 0.6 is 68.0 Å². The van der Waals surface area contributed by atoms with E-state index in [1.807, 2.05) is 43.2 Å².